The molecule has 106 valence electrons. The topological polar surface area (TPSA) is 59.0 Å². The molecule has 0 aliphatic rings. The SMILES string of the molecule is COc1ccc(CN(C)C(C)CC(=O)O)c(OC)c1. The Morgan fingerprint density at radius 1 is 1.37 bits per heavy atom. The van der Waals surface area contributed by atoms with Gasteiger partial charge >= 0.3 is 5.97 Å². The van der Waals surface area contributed by atoms with Gasteiger partial charge in [0.05, 0.1) is 20.6 Å². The Morgan fingerprint density at radius 3 is 2.58 bits per heavy atom. The van der Waals surface area contributed by atoms with Crippen molar-refractivity contribution in [3.05, 3.63) is 23.8 Å². The van der Waals surface area contributed by atoms with E-state index in [2.05, 4.69) is 0 Å². The molecule has 1 rings (SSSR count). The molecule has 0 heterocycles. The number of hydrogen-bond donors (Lipinski definition) is 1. The smallest absolute Gasteiger partial charge is 0.304 e. The van der Waals surface area contributed by atoms with E-state index >= 15 is 0 Å². The summed E-state index contributed by atoms with van der Waals surface area (Å²) in [5.41, 5.74) is 1.00. The van der Waals surface area contributed by atoms with Crippen molar-refractivity contribution in [2.24, 2.45) is 0 Å². The predicted octanol–water partition coefficient (Wildman–Crippen LogP) is 2.00. The standard InChI is InChI=1S/C14H21NO4/c1-10(7-14(16)17)15(2)9-11-5-6-12(18-3)8-13(11)19-4/h5-6,8,10H,7,9H2,1-4H3,(H,16,17). The van der Waals surface area contributed by atoms with Crippen molar-refractivity contribution >= 4 is 5.97 Å². The van der Waals surface area contributed by atoms with Gasteiger partial charge in [-0.1, -0.05) is 6.07 Å². The molecule has 0 aliphatic carbocycles. The molecule has 1 N–H and O–H groups in total. The van der Waals surface area contributed by atoms with Gasteiger partial charge in [0, 0.05) is 24.2 Å². The molecule has 0 bridgehead atoms. The molecule has 0 saturated heterocycles. The minimum absolute atomic E-state index is 0.0377. The van der Waals surface area contributed by atoms with Crippen LogP contribution in [0.2, 0.25) is 0 Å². The highest BCUT2D eigenvalue weighted by molar-refractivity contribution is 5.67. The highest BCUT2D eigenvalue weighted by Crippen LogP contribution is 2.26. The van der Waals surface area contributed by atoms with E-state index in [0.29, 0.717) is 6.54 Å². The lowest BCUT2D eigenvalue weighted by atomic mass is 10.1. The third-order valence-electron chi connectivity index (χ3n) is 3.14. The molecule has 0 aliphatic heterocycles. The number of ether oxygens (including phenoxy) is 2. The number of carbonyl (C=O) groups is 1. The number of methoxy groups -OCH3 is 2. The minimum Gasteiger partial charge on any atom is -0.497 e. The van der Waals surface area contributed by atoms with Crippen molar-refractivity contribution in [3.63, 3.8) is 0 Å². The molecule has 1 aromatic carbocycles. The van der Waals surface area contributed by atoms with Crippen molar-refractivity contribution in [2.45, 2.75) is 25.9 Å². The Kier molecular flexibility index (Phi) is 5.63. The molecule has 19 heavy (non-hydrogen) atoms. The summed E-state index contributed by atoms with van der Waals surface area (Å²) in [6.45, 7) is 2.52. The molecule has 5 heteroatoms. The van der Waals surface area contributed by atoms with E-state index in [4.69, 9.17) is 14.6 Å². The Labute approximate surface area is 113 Å². The quantitative estimate of drug-likeness (QED) is 0.818. The van der Waals surface area contributed by atoms with E-state index in [1.54, 1.807) is 14.2 Å². The summed E-state index contributed by atoms with van der Waals surface area (Å²) in [6, 6.07) is 5.59. The van der Waals surface area contributed by atoms with Gasteiger partial charge in [0.1, 0.15) is 11.5 Å². The van der Waals surface area contributed by atoms with Crippen LogP contribution in [-0.2, 0) is 11.3 Å². The Morgan fingerprint density at radius 2 is 2.05 bits per heavy atom. The molecule has 0 spiro atoms. The number of carboxylic acids is 1. The summed E-state index contributed by atoms with van der Waals surface area (Å²) in [5.74, 6) is 0.691. The molecule has 0 saturated carbocycles. The van der Waals surface area contributed by atoms with E-state index in [9.17, 15) is 4.79 Å². The maximum absolute atomic E-state index is 10.7. The fraction of sp³-hybridized carbons (Fsp3) is 0.500. The highest BCUT2D eigenvalue weighted by Gasteiger charge is 2.15. The first-order valence-corrected chi connectivity index (χ1v) is 6.10. The van der Waals surface area contributed by atoms with Gasteiger partial charge in [-0.15, -0.1) is 0 Å². The van der Waals surface area contributed by atoms with E-state index in [-0.39, 0.29) is 12.5 Å². The molecule has 0 fully saturated rings. The van der Waals surface area contributed by atoms with Gasteiger partial charge < -0.3 is 14.6 Å². The molecular weight excluding hydrogens is 246 g/mol. The zero-order chi connectivity index (χ0) is 14.4. The summed E-state index contributed by atoms with van der Waals surface area (Å²) in [4.78, 5) is 12.7. The summed E-state index contributed by atoms with van der Waals surface area (Å²) in [5, 5.41) is 8.80. The van der Waals surface area contributed by atoms with Crippen molar-refractivity contribution in [1.82, 2.24) is 4.90 Å². The second kappa shape index (κ2) is 6.99. The van der Waals surface area contributed by atoms with E-state index in [1.165, 1.54) is 0 Å². The number of benzene rings is 1. The highest BCUT2D eigenvalue weighted by atomic mass is 16.5. The number of aliphatic carboxylic acids is 1. The zero-order valence-electron chi connectivity index (χ0n) is 11.8. The van der Waals surface area contributed by atoms with Gasteiger partial charge in [0.25, 0.3) is 0 Å². The van der Waals surface area contributed by atoms with Gasteiger partial charge in [-0.3, -0.25) is 9.69 Å². The molecule has 1 atom stereocenters. The molecule has 0 radical (unpaired) electrons. The number of nitrogens with zero attached hydrogens (tertiary/aromatic N) is 1. The van der Waals surface area contributed by atoms with Gasteiger partial charge in [-0.2, -0.15) is 0 Å². The molecule has 1 unspecified atom stereocenters. The molecule has 5 nitrogen and oxygen atoms in total. The van der Waals surface area contributed by atoms with Crippen LogP contribution in [0.3, 0.4) is 0 Å². The maximum Gasteiger partial charge on any atom is 0.304 e. The van der Waals surface area contributed by atoms with Crippen LogP contribution in [0.15, 0.2) is 18.2 Å². The fourth-order valence-corrected chi connectivity index (χ4v) is 1.82. The second-order valence-corrected chi connectivity index (χ2v) is 4.54. The van der Waals surface area contributed by atoms with Gasteiger partial charge in [0.2, 0.25) is 0 Å². The summed E-state index contributed by atoms with van der Waals surface area (Å²) >= 11 is 0. The van der Waals surface area contributed by atoms with Crippen molar-refractivity contribution < 1.29 is 19.4 Å². The van der Waals surface area contributed by atoms with Gasteiger partial charge in [-0.25, -0.2) is 0 Å². The molecule has 0 amide bonds. The van der Waals surface area contributed by atoms with Crippen LogP contribution in [0, 0.1) is 0 Å². The Balaban J connectivity index is 2.78. The van der Waals surface area contributed by atoms with E-state index in [1.807, 2.05) is 37.1 Å². The first kappa shape index (κ1) is 15.3. The summed E-state index contributed by atoms with van der Waals surface area (Å²) in [6.07, 6.45) is 0.120. The van der Waals surface area contributed by atoms with Crippen LogP contribution in [-0.4, -0.2) is 43.3 Å². The number of carboxylic acid groups (broad SMARTS) is 1. The average Bonchev–Trinajstić information content (AvgIpc) is 2.38. The third-order valence-corrected chi connectivity index (χ3v) is 3.14. The van der Waals surface area contributed by atoms with Crippen LogP contribution >= 0.6 is 0 Å². The molecule has 1 aromatic rings. The monoisotopic (exact) mass is 267 g/mol. The van der Waals surface area contributed by atoms with E-state index in [0.717, 1.165) is 17.1 Å². The lowest BCUT2D eigenvalue weighted by molar-refractivity contribution is -0.138. The number of rotatable bonds is 7. The largest absolute Gasteiger partial charge is 0.497 e. The van der Waals surface area contributed by atoms with E-state index < -0.39 is 5.97 Å². The summed E-state index contributed by atoms with van der Waals surface area (Å²) in [7, 11) is 5.12. The Bertz CT molecular complexity index is 433. The van der Waals surface area contributed by atoms with Crippen LogP contribution in [0.25, 0.3) is 0 Å². The Hall–Kier alpha value is -1.75. The zero-order valence-corrected chi connectivity index (χ0v) is 11.8. The average molecular weight is 267 g/mol. The van der Waals surface area contributed by atoms with Crippen LogP contribution in [0.4, 0.5) is 0 Å². The van der Waals surface area contributed by atoms with Gasteiger partial charge in [0.15, 0.2) is 0 Å². The number of hydrogen-bond acceptors (Lipinski definition) is 4. The van der Waals surface area contributed by atoms with Crippen LogP contribution < -0.4 is 9.47 Å². The van der Waals surface area contributed by atoms with Crippen molar-refractivity contribution in [2.75, 3.05) is 21.3 Å². The fourth-order valence-electron chi connectivity index (χ4n) is 1.82. The molecular formula is C14H21NO4. The van der Waals surface area contributed by atoms with Crippen molar-refractivity contribution in [3.8, 4) is 11.5 Å². The van der Waals surface area contributed by atoms with Crippen LogP contribution in [0.5, 0.6) is 11.5 Å². The summed E-state index contributed by atoms with van der Waals surface area (Å²) < 4.78 is 10.5. The molecule has 0 aromatic heterocycles. The lowest BCUT2D eigenvalue weighted by Gasteiger charge is -2.24. The normalized spacial score (nSPS) is 12.3. The van der Waals surface area contributed by atoms with Crippen LogP contribution in [0.1, 0.15) is 18.9 Å². The first-order chi connectivity index (χ1) is 8.97. The predicted molar refractivity (Wildman–Crippen MR) is 72.7 cm³/mol. The minimum atomic E-state index is -0.791. The maximum atomic E-state index is 10.7. The second-order valence-electron chi connectivity index (χ2n) is 4.54. The first-order valence-electron chi connectivity index (χ1n) is 6.10. The third kappa shape index (κ3) is 4.44. The van der Waals surface area contributed by atoms with Gasteiger partial charge in [-0.05, 0) is 20.0 Å². The lowest BCUT2D eigenvalue weighted by Crippen LogP contribution is -2.30. The van der Waals surface area contributed by atoms with Crippen molar-refractivity contribution in [1.29, 1.82) is 0 Å².